The van der Waals surface area contributed by atoms with Crippen LogP contribution in [0.25, 0.3) is 33.4 Å². The van der Waals surface area contributed by atoms with E-state index in [0.29, 0.717) is 26.0 Å². The first-order valence-electron chi connectivity index (χ1n) is 18.5. The topological polar surface area (TPSA) is 107 Å². The first-order valence-corrected chi connectivity index (χ1v) is 18.5. The average Bonchev–Trinajstić information content (AvgIpc) is 3.75. The van der Waals surface area contributed by atoms with Crippen LogP contribution in [0, 0.1) is 0 Å². The second kappa shape index (κ2) is 17.0. The van der Waals surface area contributed by atoms with Crippen molar-refractivity contribution in [1.82, 2.24) is 10.2 Å². The predicted molar refractivity (Wildman–Crippen MR) is 209 cm³/mol. The van der Waals surface area contributed by atoms with Crippen molar-refractivity contribution in [2.24, 2.45) is 0 Å². The van der Waals surface area contributed by atoms with Gasteiger partial charge in [-0.25, -0.2) is 4.79 Å². The highest BCUT2D eigenvalue weighted by molar-refractivity contribution is 5.80. The Labute approximate surface area is 316 Å². The molecule has 0 saturated carbocycles. The van der Waals surface area contributed by atoms with E-state index in [1.165, 1.54) is 22.3 Å². The third-order valence-electron chi connectivity index (χ3n) is 10.4. The van der Waals surface area contributed by atoms with Crippen LogP contribution in [0.4, 0.5) is 4.79 Å². The number of hydrogen-bond acceptors (Lipinski definition) is 7. The van der Waals surface area contributed by atoms with Gasteiger partial charge in [0.25, 0.3) is 0 Å². The zero-order chi connectivity index (χ0) is 37.4. The minimum atomic E-state index is -0.617. The fourth-order valence-corrected chi connectivity index (χ4v) is 7.61. The van der Waals surface area contributed by atoms with Crippen molar-refractivity contribution in [2.75, 3.05) is 40.5 Å². The Balaban J connectivity index is 0.909. The van der Waals surface area contributed by atoms with E-state index >= 15 is 0 Å². The maximum absolute atomic E-state index is 13.3. The van der Waals surface area contributed by atoms with Gasteiger partial charge in [-0.2, -0.15) is 0 Å². The van der Waals surface area contributed by atoms with Gasteiger partial charge in [-0.1, -0.05) is 84.9 Å². The number of carbonyl (C=O) groups is 2. The number of aliphatic hydroxyl groups is 1. The van der Waals surface area contributed by atoms with E-state index in [2.05, 4.69) is 47.8 Å². The number of β-amino-alcohol motifs (C(OH)–C–C–N with tert-alkyl or cyclic N) is 1. The van der Waals surface area contributed by atoms with E-state index in [9.17, 15) is 14.7 Å². The quantitative estimate of drug-likeness (QED) is 0.112. The van der Waals surface area contributed by atoms with Crippen molar-refractivity contribution in [3.63, 3.8) is 0 Å². The summed E-state index contributed by atoms with van der Waals surface area (Å²) >= 11 is 0. The minimum Gasteiger partial charge on any atom is -0.497 e. The van der Waals surface area contributed by atoms with Gasteiger partial charge in [0.1, 0.15) is 11.5 Å². The first kappa shape index (κ1) is 36.7. The van der Waals surface area contributed by atoms with Crippen LogP contribution in [0.5, 0.6) is 11.5 Å². The summed E-state index contributed by atoms with van der Waals surface area (Å²) in [6, 6.07) is 38.5. The zero-order valence-corrected chi connectivity index (χ0v) is 30.7. The first-order chi connectivity index (χ1) is 26.4. The standard InChI is InChI=1S/C45H46N2O7/c1-51-36-19-15-30(16-20-36)32-13-14-33(42(24-32)31-17-21-37(52-2)22-18-31)28-53-29-34-25-35(48)27-47(34)44(49)12-7-23-54-45(50)46-26-43-40-10-5-3-8-38(40)39-9-4-6-11-41(39)43/h3-6,8-11,13-22,24,34-35,43,48H,7,12,23,25-29H2,1-2H3,(H,46,50)/t34-,35+/m0/s1. The number of aliphatic hydroxyl groups excluding tert-OH is 1. The summed E-state index contributed by atoms with van der Waals surface area (Å²) in [5.74, 6) is 1.54. The van der Waals surface area contributed by atoms with Gasteiger partial charge in [0, 0.05) is 25.4 Å². The zero-order valence-electron chi connectivity index (χ0n) is 30.7. The molecular weight excluding hydrogens is 681 g/mol. The van der Waals surface area contributed by atoms with Crippen molar-refractivity contribution < 1.29 is 33.6 Å². The van der Waals surface area contributed by atoms with Crippen molar-refractivity contribution in [2.45, 2.75) is 43.9 Å². The molecule has 1 aliphatic heterocycles. The van der Waals surface area contributed by atoms with Crippen LogP contribution >= 0.6 is 0 Å². The Bertz CT molecular complexity index is 2020. The molecule has 9 heteroatoms. The largest absolute Gasteiger partial charge is 0.497 e. The SMILES string of the molecule is COc1ccc(-c2ccc(COC[C@@H]3C[C@@H](O)CN3C(=O)CCCOC(=O)NCC3c4ccccc4-c4ccccc43)c(-c3ccc(OC)cc3)c2)cc1. The summed E-state index contributed by atoms with van der Waals surface area (Å²) in [6.45, 7) is 1.42. The molecule has 2 aliphatic rings. The molecule has 7 rings (SSSR count). The van der Waals surface area contributed by atoms with Crippen molar-refractivity contribution in [1.29, 1.82) is 0 Å². The van der Waals surface area contributed by atoms with Crippen LogP contribution < -0.4 is 14.8 Å². The molecular formula is C45H46N2O7. The van der Waals surface area contributed by atoms with Gasteiger partial charge in [-0.15, -0.1) is 0 Å². The molecule has 0 spiro atoms. The summed E-state index contributed by atoms with van der Waals surface area (Å²) < 4.78 is 22.4. The third-order valence-corrected chi connectivity index (χ3v) is 10.4. The Morgan fingerprint density at radius 1 is 0.759 bits per heavy atom. The molecule has 5 aromatic carbocycles. The number of hydrogen-bond donors (Lipinski definition) is 2. The summed E-state index contributed by atoms with van der Waals surface area (Å²) in [7, 11) is 3.30. The maximum Gasteiger partial charge on any atom is 0.407 e. The monoisotopic (exact) mass is 726 g/mol. The predicted octanol–water partition coefficient (Wildman–Crippen LogP) is 7.84. The van der Waals surface area contributed by atoms with E-state index in [0.717, 1.165) is 39.3 Å². The molecule has 0 radical (unpaired) electrons. The highest BCUT2D eigenvalue weighted by Crippen LogP contribution is 2.44. The van der Waals surface area contributed by atoms with Crippen LogP contribution in [0.3, 0.4) is 0 Å². The minimum absolute atomic E-state index is 0.0556. The van der Waals surface area contributed by atoms with E-state index in [4.69, 9.17) is 18.9 Å². The fourth-order valence-electron chi connectivity index (χ4n) is 7.61. The van der Waals surface area contributed by atoms with Crippen molar-refractivity contribution >= 4 is 12.0 Å². The third kappa shape index (κ3) is 8.28. The normalized spacial score (nSPS) is 16.1. The molecule has 2 atom stereocenters. The van der Waals surface area contributed by atoms with E-state index in [-0.39, 0.29) is 44.0 Å². The number of carbonyl (C=O) groups excluding carboxylic acids is 2. The molecule has 1 aliphatic carbocycles. The number of nitrogens with zero attached hydrogens (tertiary/aromatic N) is 1. The van der Waals surface area contributed by atoms with Gasteiger partial charge < -0.3 is 34.3 Å². The smallest absolute Gasteiger partial charge is 0.407 e. The number of methoxy groups -OCH3 is 2. The maximum atomic E-state index is 13.3. The molecule has 278 valence electrons. The van der Waals surface area contributed by atoms with Gasteiger partial charge in [0.05, 0.1) is 46.2 Å². The van der Waals surface area contributed by atoms with Crippen LogP contribution in [-0.4, -0.2) is 74.7 Å². The molecule has 2 amide bonds. The number of nitrogens with one attached hydrogen (secondary N) is 1. The van der Waals surface area contributed by atoms with Gasteiger partial charge in [-0.3, -0.25) is 4.79 Å². The van der Waals surface area contributed by atoms with Gasteiger partial charge in [0.2, 0.25) is 5.91 Å². The van der Waals surface area contributed by atoms with Crippen LogP contribution in [0.1, 0.15) is 41.9 Å². The van der Waals surface area contributed by atoms with Crippen LogP contribution in [-0.2, 0) is 20.9 Å². The van der Waals surface area contributed by atoms with Gasteiger partial charge >= 0.3 is 6.09 Å². The number of amides is 2. The lowest BCUT2D eigenvalue weighted by Crippen LogP contribution is -2.38. The number of benzene rings is 5. The highest BCUT2D eigenvalue weighted by atomic mass is 16.5. The number of ether oxygens (including phenoxy) is 4. The molecule has 1 heterocycles. The Hall–Kier alpha value is -5.64. The molecule has 1 fully saturated rings. The number of likely N-dealkylation sites (tertiary alicyclic amines) is 1. The lowest BCUT2D eigenvalue weighted by atomic mass is 9.94. The van der Waals surface area contributed by atoms with E-state index < -0.39 is 12.2 Å². The van der Waals surface area contributed by atoms with Gasteiger partial charge in [0.15, 0.2) is 0 Å². The second-order valence-electron chi connectivity index (χ2n) is 13.8. The average molecular weight is 727 g/mol. The van der Waals surface area contributed by atoms with Crippen molar-refractivity contribution in [3.8, 4) is 44.9 Å². The Morgan fingerprint density at radius 3 is 2.02 bits per heavy atom. The summed E-state index contributed by atoms with van der Waals surface area (Å²) in [4.78, 5) is 27.6. The summed E-state index contributed by atoms with van der Waals surface area (Å²) in [5.41, 5.74) is 9.98. The molecule has 5 aromatic rings. The molecule has 1 saturated heterocycles. The lowest BCUT2D eigenvalue weighted by molar-refractivity contribution is -0.133. The van der Waals surface area contributed by atoms with E-state index in [1.807, 2.05) is 72.8 Å². The summed E-state index contributed by atoms with van der Waals surface area (Å²) in [6.07, 6.45) is -0.0891. The Kier molecular flexibility index (Phi) is 11.6. The number of alkyl carbamates (subject to hydrolysis) is 1. The van der Waals surface area contributed by atoms with Crippen LogP contribution in [0.2, 0.25) is 0 Å². The molecule has 0 unspecified atom stereocenters. The molecule has 0 bridgehead atoms. The van der Waals surface area contributed by atoms with E-state index in [1.54, 1.807) is 19.1 Å². The number of rotatable bonds is 14. The van der Waals surface area contributed by atoms with Gasteiger partial charge in [-0.05, 0) is 93.2 Å². The Morgan fingerprint density at radius 2 is 1.37 bits per heavy atom. The molecule has 2 N–H and O–H groups in total. The van der Waals surface area contributed by atoms with Crippen molar-refractivity contribution in [3.05, 3.63) is 132 Å². The lowest BCUT2D eigenvalue weighted by Gasteiger charge is -2.24. The highest BCUT2D eigenvalue weighted by Gasteiger charge is 2.34. The second-order valence-corrected chi connectivity index (χ2v) is 13.8. The van der Waals surface area contributed by atoms with Crippen LogP contribution in [0.15, 0.2) is 115 Å². The molecule has 54 heavy (non-hydrogen) atoms. The molecule has 9 nitrogen and oxygen atoms in total. The number of fused-ring (bicyclic) bond motifs is 3. The fraction of sp³-hybridized carbons (Fsp3) is 0.289. The summed E-state index contributed by atoms with van der Waals surface area (Å²) in [5, 5.41) is 13.4. The molecule has 0 aromatic heterocycles.